The lowest BCUT2D eigenvalue weighted by atomic mass is 9.81. The number of benzene rings is 2. The van der Waals surface area contributed by atoms with E-state index in [-0.39, 0.29) is 92.9 Å². The van der Waals surface area contributed by atoms with Crippen LogP contribution in [0, 0.1) is 23.7 Å². The summed E-state index contributed by atoms with van der Waals surface area (Å²) in [5.74, 6) is -0.272. The average Bonchev–Trinajstić information content (AvgIpc) is 3.64. The third kappa shape index (κ3) is 4.07. The second-order valence-corrected chi connectivity index (χ2v) is 14.6. The topological polar surface area (TPSA) is 156 Å². The van der Waals surface area contributed by atoms with Crippen LogP contribution in [0.4, 0.5) is 0 Å². The molecule has 0 saturated heterocycles. The van der Waals surface area contributed by atoms with Gasteiger partial charge in [-0.05, 0) is 86.5 Å². The Morgan fingerprint density at radius 1 is 0.333 bits per heavy atom. The van der Waals surface area contributed by atoms with Crippen LogP contribution < -0.4 is 44.5 Å². The van der Waals surface area contributed by atoms with Gasteiger partial charge < -0.3 is 0 Å². The van der Waals surface area contributed by atoms with Gasteiger partial charge in [0.2, 0.25) is 0 Å². The summed E-state index contributed by atoms with van der Waals surface area (Å²) in [6.45, 7) is 0.611. The van der Waals surface area contributed by atoms with E-state index >= 15 is 0 Å². The van der Waals surface area contributed by atoms with Crippen molar-refractivity contribution in [2.45, 2.75) is 77.5 Å². The minimum Gasteiger partial charge on any atom is -0.274 e. The highest BCUT2D eigenvalue weighted by Gasteiger charge is 2.30. The fourth-order valence-corrected chi connectivity index (χ4v) is 9.31. The molecule has 244 valence electrons. The SMILES string of the molecule is O=c1c2cc3c(=O)n4c(=O)c3cc2c(=O)n1CC1CCCC(C1)Cn1c(=O)c2cc3c(=O)n(c(=O)c3cc2c1=O)CC1CCCC(C1)C4. The Morgan fingerprint density at radius 3 is 0.708 bits per heavy atom. The molecule has 4 aromatic heterocycles. The van der Waals surface area contributed by atoms with Gasteiger partial charge in [-0.2, -0.15) is 0 Å². The first-order valence-electron chi connectivity index (χ1n) is 16.9. The van der Waals surface area contributed by atoms with Crippen molar-refractivity contribution < 1.29 is 0 Å². The van der Waals surface area contributed by atoms with E-state index in [0.717, 1.165) is 38.5 Å². The lowest BCUT2D eigenvalue weighted by Crippen LogP contribution is -2.34. The molecule has 4 aliphatic heterocycles. The molecule has 2 aliphatic carbocycles. The van der Waals surface area contributed by atoms with E-state index in [9.17, 15) is 38.4 Å². The zero-order chi connectivity index (χ0) is 33.2. The van der Waals surface area contributed by atoms with Crippen LogP contribution in [0.1, 0.15) is 51.4 Å². The van der Waals surface area contributed by atoms with E-state index in [1.54, 1.807) is 0 Å². The van der Waals surface area contributed by atoms with Gasteiger partial charge in [-0.25, -0.2) is 0 Å². The maximum absolute atomic E-state index is 13.6. The lowest BCUT2D eigenvalue weighted by Gasteiger charge is -2.29. The number of hydrogen-bond donors (Lipinski definition) is 0. The van der Waals surface area contributed by atoms with Crippen LogP contribution >= 0.6 is 0 Å². The van der Waals surface area contributed by atoms with Gasteiger partial charge in [0, 0.05) is 26.2 Å². The van der Waals surface area contributed by atoms with E-state index < -0.39 is 44.5 Å². The smallest absolute Gasteiger partial charge is 0.261 e. The Labute approximate surface area is 269 Å². The van der Waals surface area contributed by atoms with Gasteiger partial charge in [0.15, 0.2) is 0 Å². The van der Waals surface area contributed by atoms with Crippen LogP contribution in [0.15, 0.2) is 62.6 Å². The highest BCUT2D eigenvalue weighted by Crippen LogP contribution is 2.32. The first kappa shape index (κ1) is 29.2. The Kier molecular flexibility index (Phi) is 6.23. The monoisotopic (exact) mass is 648 g/mol. The maximum Gasteiger partial charge on any atom is 0.261 e. The minimum absolute atomic E-state index is 0.0679. The molecule has 0 spiro atoms. The fourth-order valence-electron chi connectivity index (χ4n) is 9.31. The van der Waals surface area contributed by atoms with Gasteiger partial charge >= 0.3 is 0 Å². The summed E-state index contributed by atoms with van der Waals surface area (Å²) in [5.41, 5.74) is -3.90. The van der Waals surface area contributed by atoms with Gasteiger partial charge in [0.05, 0.1) is 43.1 Å². The van der Waals surface area contributed by atoms with E-state index in [0.29, 0.717) is 12.8 Å². The normalized spacial score (nSPS) is 23.5. The highest BCUT2D eigenvalue weighted by atomic mass is 16.2. The van der Waals surface area contributed by atoms with Crippen molar-refractivity contribution in [1.29, 1.82) is 0 Å². The summed E-state index contributed by atoms with van der Waals surface area (Å²) in [6, 6.07) is 5.57. The van der Waals surface area contributed by atoms with Gasteiger partial charge in [-0.1, -0.05) is 12.8 Å². The fraction of sp³-hybridized carbons (Fsp3) is 0.444. The molecule has 4 atom stereocenters. The van der Waals surface area contributed by atoms with Crippen molar-refractivity contribution in [3.05, 3.63) is 107 Å². The van der Waals surface area contributed by atoms with Gasteiger partial charge in [0.1, 0.15) is 0 Å². The minimum atomic E-state index is -0.488. The van der Waals surface area contributed by atoms with E-state index in [2.05, 4.69) is 0 Å². The number of aromatic nitrogens is 4. The standard InChI is InChI=1S/C36H32N4O8/c41-29-21-9-25-26-10-22(21)30(42)37(29)13-17-3-1-4-18(7-17)14-38-31(43)23-11-27-28(12-24(23)32(38)44)36(48)40(35(27)47)16-20-6-2-5-19(8-20)15-39(33(25)45)34(26)46/h9-12,17-20H,1-8,13-16H2. The largest absolute Gasteiger partial charge is 0.274 e. The Bertz CT molecular complexity index is 2270. The average molecular weight is 649 g/mol. The molecule has 48 heavy (non-hydrogen) atoms. The van der Waals surface area contributed by atoms with E-state index in [4.69, 9.17) is 0 Å². The van der Waals surface area contributed by atoms with Crippen molar-refractivity contribution in [1.82, 2.24) is 18.3 Å². The van der Waals surface area contributed by atoms with Crippen molar-refractivity contribution in [3.63, 3.8) is 0 Å². The summed E-state index contributed by atoms with van der Waals surface area (Å²) < 4.78 is 4.78. The third-order valence-electron chi connectivity index (χ3n) is 11.7. The summed E-state index contributed by atoms with van der Waals surface area (Å²) in [5, 5.41) is 0.963. The molecule has 2 fully saturated rings. The Balaban J connectivity index is 1.21. The summed E-state index contributed by atoms with van der Waals surface area (Å²) in [6.07, 6.45) is 5.73. The molecule has 0 radical (unpaired) electrons. The molecular formula is C36H32N4O8. The molecule has 2 aromatic carbocycles. The second-order valence-electron chi connectivity index (χ2n) is 14.6. The van der Waals surface area contributed by atoms with Crippen LogP contribution in [-0.2, 0) is 26.2 Å². The molecule has 2 saturated carbocycles. The molecule has 6 aromatic rings. The predicted molar refractivity (Wildman–Crippen MR) is 181 cm³/mol. The Morgan fingerprint density at radius 2 is 0.521 bits per heavy atom. The summed E-state index contributed by atoms with van der Waals surface area (Å²) >= 11 is 0. The first-order valence-corrected chi connectivity index (χ1v) is 16.9. The molecule has 12 rings (SSSR count). The number of nitrogens with zero attached hydrogens (tertiary/aromatic N) is 4. The van der Waals surface area contributed by atoms with Crippen molar-refractivity contribution in [3.8, 4) is 0 Å². The third-order valence-corrected chi connectivity index (χ3v) is 11.7. The molecule has 0 N–H and O–H groups in total. The number of rotatable bonds is 0. The predicted octanol–water partition coefficient (Wildman–Crippen LogP) is 1.46. The summed E-state index contributed by atoms with van der Waals surface area (Å²) in [7, 11) is 0. The van der Waals surface area contributed by atoms with Crippen LogP contribution in [0.5, 0.6) is 0 Å². The van der Waals surface area contributed by atoms with Crippen LogP contribution in [0.2, 0.25) is 0 Å². The van der Waals surface area contributed by atoms with Crippen LogP contribution in [0.3, 0.4) is 0 Å². The first-order chi connectivity index (χ1) is 23.1. The van der Waals surface area contributed by atoms with Crippen molar-refractivity contribution in [2.24, 2.45) is 23.7 Å². The molecule has 6 aliphatic rings. The van der Waals surface area contributed by atoms with Crippen molar-refractivity contribution >= 4 is 43.1 Å². The van der Waals surface area contributed by atoms with Crippen LogP contribution in [0.25, 0.3) is 43.1 Å². The molecule has 12 heteroatoms. The van der Waals surface area contributed by atoms with Crippen molar-refractivity contribution in [2.75, 3.05) is 0 Å². The van der Waals surface area contributed by atoms with E-state index in [1.807, 2.05) is 0 Å². The van der Waals surface area contributed by atoms with E-state index in [1.165, 1.54) is 42.5 Å². The van der Waals surface area contributed by atoms with Gasteiger partial charge in [-0.15, -0.1) is 0 Å². The quantitative estimate of drug-likeness (QED) is 0.240. The Hall–Kier alpha value is -5.00. The highest BCUT2D eigenvalue weighted by molar-refractivity contribution is 5.98. The molecule has 16 bridgehead atoms. The molecule has 8 heterocycles. The summed E-state index contributed by atoms with van der Waals surface area (Å²) in [4.78, 5) is 109. The molecule has 4 unspecified atom stereocenters. The molecule has 12 nitrogen and oxygen atoms in total. The zero-order valence-electron chi connectivity index (χ0n) is 26.2. The second kappa shape index (κ2) is 10.2. The lowest BCUT2D eigenvalue weighted by molar-refractivity contribution is 0.220. The number of hydrogen-bond acceptors (Lipinski definition) is 8. The van der Waals surface area contributed by atoms with Crippen LogP contribution in [-0.4, -0.2) is 18.3 Å². The van der Waals surface area contributed by atoms with Gasteiger partial charge in [0.25, 0.3) is 44.5 Å². The zero-order valence-corrected chi connectivity index (χ0v) is 26.2. The molecule has 0 amide bonds. The molecular weight excluding hydrogens is 616 g/mol. The van der Waals surface area contributed by atoms with Gasteiger partial charge in [-0.3, -0.25) is 56.6 Å². The maximum atomic E-state index is 13.6.